The normalized spacial score (nSPS) is 13.8. The van der Waals surface area contributed by atoms with E-state index in [-0.39, 0.29) is 11.3 Å². The van der Waals surface area contributed by atoms with E-state index in [1.54, 1.807) is 42.5 Å². The highest BCUT2D eigenvalue weighted by molar-refractivity contribution is 6.46. The van der Waals surface area contributed by atoms with Gasteiger partial charge in [-0.25, -0.2) is 9.29 Å². The molecule has 0 aromatic heterocycles. The highest BCUT2D eigenvalue weighted by Crippen LogP contribution is 2.35. The molecular formula is C23H17FN2O3. The third kappa shape index (κ3) is 3.36. The molecule has 144 valence electrons. The zero-order valence-corrected chi connectivity index (χ0v) is 15.6. The molecule has 4 rings (SSSR count). The molecule has 6 heteroatoms. The maximum Gasteiger partial charge on any atom is 0.282 e. The van der Waals surface area contributed by atoms with Crippen LogP contribution in [0.3, 0.4) is 0 Å². The van der Waals surface area contributed by atoms with Crippen molar-refractivity contribution in [2.75, 3.05) is 17.3 Å². The molecule has 0 bridgehead atoms. The number of rotatable bonds is 5. The number of carbonyl (C=O) groups excluding carboxylic acids is 2. The molecule has 0 fully saturated rings. The number of nitrogens with zero attached hydrogens (tertiary/aromatic N) is 1. The van der Waals surface area contributed by atoms with E-state index in [2.05, 4.69) is 5.32 Å². The highest BCUT2D eigenvalue weighted by atomic mass is 19.1. The number of amides is 2. The molecule has 0 saturated heterocycles. The number of anilines is 2. The lowest BCUT2D eigenvalue weighted by molar-refractivity contribution is -0.120. The lowest BCUT2D eigenvalue weighted by atomic mass is 10.0. The Labute approximate surface area is 167 Å². The van der Waals surface area contributed by atoms with E-state index >= 15 is 0 Å². The first-order valence-electron chi connectivity index (χ1n) is 8.94. The van der Waals surface area contributed by atoms with Gasteiger partial charge >= 0.3 is 0 Å². The minimum absolute atomic E-state index is 0.134. The average molecular weight is 388 g/mol. The van der Waals surface area contributed by atoms with Gasteiger partial charge in [-0.15, -0.1) is 0 Å². The zero-order chi connectivity index (χ0) is 20.4. The van der Waals surface area contributed by atoms with Gasteiger partial charge in [-0.3, -0.25) is 9.59 Å². The lowest BCUT2D eigenvalue weighted by Crippen LogP contribution is -2.32. The Morgan fingerprint density at radius 2 is 1.48 bits per heavy atom. The van der Waals surface area contributed by atoms with Gasteiger partial charge in [-0.2, -0.15) is 0 Å². The molecule has 1 heterocycles. The molecule has 0 atom stereocenters. The van der Waals surface area contributed by atoms with Gasteiger partial charge in [0.25, 0.3) is 11.8 Å². The quantitative estimate of drug-likeness (QED) is 0.665. The van der Waals surface area contributed by atoms with Crippen molar-refractivity contribution in [2.24, 2.45) is 0 Å². The summed E-state index contributed by atoms with van der Waals surface area (Å²) in [6, 6.07) is 21.3. The predicted molar refractivity (Wildman–Crippen MR) is 109 cm³/mol. The van der Waals surface area contributed by atoms with E-state index in [0.29, 0.717) is 22.7 Å². The number of ether oxygens (including phenoxy) is 1. The van der Waals surface area contributed by atoms with Crippen molar-refractivity contribution in [3.8, 4) is 5.75 Å². The van der Waals surface area contributed by atoms with Crippen LogP contribution >= 0.6 is 0 Å². The maximum absolute atomic E-state index is 13.3. The van der Waals surface area contributed by atoms with Crippen LogP contribution in [0.4, 0.5) is 15.8 Å². The number of halogens is 1. The van der Waals surface area contributed by atoms with Gasteiger partial charge in [0.1, 0.15) is 17.3 Å². The lowest BCUT2D eigenvalue weighted by Gasteiger charge is -2.16. The number of benzene rings is 3. The largest absolute Gasteiger partial charge is 0.495 e. The summed E-state index contributed by atoms with van der Waals surface area (Å²) >= 11 is 0. The number of methoxy groups -OCH3 is 1. The van der Waals surface area contributed by atoms with Crippen molar-refractivity contribution in [1.82, 2.24) is 0 Å². The topological polar surface area (TPSA) is 58.6 Å². The summed E-state index contributed by atoms with van der Waals surface area (Å²) in [4.78, 5) is 27.5. The fourth-order valence-electron chi connectivity index (χ4n) is 3.23. The Morgan fingerprint density at radius 1 is 0.828 bits per heavy atom. The van der Waals surface area contributed by atoms with E-state index < -0.39 is 17.6 Å². The maximum atomic E-state index is 13.3. The first-order chi connectivity index (χ1) is 14.1. The Morgan fingerprint density at radius 3 is 2.17 bits per heavy atom. The highest BCUT2D eigenvalue weighted by Gasteiger charge is 2.40. The van der Waals surface area contributed by atoms with Crippen LogP contribution in [0.5, 0.6) is 5.75 Å². The summed E-state index contributed by atoms with van der Waals surface area (Å²) in [7, 11) is 1.53. The van der Waals surface area contributed by atoms with Crippen molar-refractivity contribution in [2.45, 2.75) is 0 Å². The predicted octanol–water partition coefficient (Wildman–Crippen LogP) is 4.23. The first kappa shape index (κ1) is 18.4. The molecule has 3 aromatic rings. The zero-order valence-electron chi connectivity index (χ0n) is 15.6. The molecule has 3 aromatic carbocycles. The van der Waals surface area contributed by atoms with Crippen LogP contribution in [0.25, 0.3) is 5.57 Å². The molecule has 0 aliphatic carbocycles. The van der Waals surface area contributed by atoms with E-state index in [1.165, 1.54) is 31.4 Å². The molecule has 2 amide bonds. The van der Waals surface area contributed by atoms with E-state index in [4.69, 9.17) is 4.74 Å². The Kier molecular flexibility index (Phi) is 4.83. The number of nitrogens with one attached hydrogen (secondary N) is 1. The van der Waals surface area contributed by atoms with Gasteiger partial charge in [0.2, 0.25) is 0 Å². The average Bonchev–Trinajstić information content (AvgIpc) is 2.99. The van der Waals surface area contributed by atoms with Crippen LogP contribution in [0, 0.1) is 5.82 Å². The van der Waals surface area contributed by atoms with Crippen molar-refractivity contribution < 1.29 is 18.7 Å². The van der Waals surface area contributed by atoms with Gasteiger partial charge in [0.15, 0.2) is 0 Å². The monoisotopic (exact) mass is 388 g/mol. The third-order valence-corrected chi connectivity index (χ3v) is 4.60. The van der Waals surface area contributed by atoms with Gasteiger partial charge < -0.3 is 10.1 Å². The second kappa shape index (κ2) is 7.59. The number of hydrogen-bond acceptors (Lipinski definition) is 4. The molecule has 0 spiro atoms. The smallest absolute Gasteiger partial charge is 0.282 e. The SMILES string of the molecule is COc1ccccc1NC1=C(c2ccccc2)C(=O)N(c2ccc(F)cc2)C1=O. The van der Waals surface area contributed by atoms with Crippen LogP contribution in [-0.4, -0.2) is 18.9 Å². The second-order valence-corrected chi connectivity index (χ2v) is 6.36. The number of para-hydroxylation sites is 2. The Balaban J connectivity index is 1.83. The van der Waals surface area contributed by atoms with E-state index in [9.17, 15) is 14.0 Å². The minimum atomic E-state index is -0.522. The summed E-state index contributed by atoms with van der Waals surface area (Å²) < 4.78 is 18.7. The molecule has 0 unspecified atom stereocenters. The molecule has 0 radical (unpaired) electrons. The van der Waals surface area contributed by atoms with Gasteiger partial charge in [0.05, 0.1) is 24.1 Å². The van der Waals surface area contributed by atoms with Crippen LogP contribution in [0.2, 0.25) is 0 Å². The molecule has 1 aliphatic heterocycles. The second-order valence-electron chi connectivity index (χ2n) is 6.36. The minimum Gasteiger partial charge on any atom is -0.495 e. The third-order valence-electron chi connectivity index (χ3n) is 4.60. The van der Waals surface area contributed by atoms with E-state index in [1.807, 2.05) is 12.1 Å². The Hall–Kier alpha value is -3.93. The van der Waals surface area contributed by atoms with Crippen LogP contribution in [0.15, 0.2) is 84.6 Å². The van der Waals surface area contributed by atoms with Gasteiger partial charge in [-0.05, 0) is 42.0 Å². The fourth-order valence-corrected chi connectivity index (χ4v) is 3.23. The number of imide groups is 1. The van der Waals surface area contributed by atoms with Crippen LogP contribution < -0.4 is 15.0 Å². The summed E-state index contributed by atoms with van der Waals surface area (Å²) in [5.41, 5.74) is 1.83. The molecule has 1 aliphatic rings. The standard InChI is InChI=1S/C23H17FN2O3/c1-29-19-10-6-5-9-18(19)25-21-20(15-7-3-2-4-8-15)22(27)26(23(21)28)17-13-11-16(24)12-14-17/h2-14,25H,1H3. The van der Waals surface area contributed by atoms with Crippen molar-refractivity contribution in [3.05, 3.63) is 95.9 Å². The van der Waals surface area contributed by atoms with Crippen LogP contribution in [-0.2, 0) is 9.59 Å². The van der Waals surface area contributed by atoms with Gasteiger partial charge in [-0.1, -0.05) is 42.5 Å². The molecule has 5 nitrogen and oxygen atoms in total. The molecular weight excluding hydrogens is 371 g/mol. The summed E-state index contributed by atoms with van der Waals surface area (Å²) in [5, 5.41) is 3.07. The molecule has 29 heavy (non-hydrogen) atoms. The van der Waals surface area contributed by atoms with Crippen LogP contribution in [0.1, 0.15) is 5.56 Å². The number of hydrogen-bond donors (Lipinski definition) is 1. The summed E-state index contributed by atoms with van der Waals surface area (Å²) in [6.07, 6.45) is 0. The Bertz CT molecular complexity index is 1110. The van der Waals surface area contributed by atoms with E-state index in [0.717, 1.165) is 4.90 Å². The van der Waals surface area contributed by atoms with Crippen molar-refractivity contribution in [1.29, 1.82) is 0 Å². The van der Waals surface area contributed by atoms with Crippen molar-refractivity contribution in [3.63, 3.8) is 0 Å². The number of carbonyl (C=O) groups is 2. The van der Waals surface area contributed by atoms with Gasteiger partial charge in [0, 0.05) is 0 Å². The summed E-state index contributed by atoms with van der Waals surface area (Å²) in [6.45, 7) is 0. The summed E-state index contributed by atoms with van der Waals surface area (Å²) in [5.74, 6) is -0.916. The molecule has 1 N–H and O–H groups in total. The van der Waals surface area contributed by atoms with Crippen molar-refractivity contribution >= 4 is 28.8 Å². The molecule has 0 saturated carbocycles. The first-order valence-corrected chi connectivity index (χ1v) is 8.94. The fraction of sp³-hybridized carbons (Fsp3) is 0.0435.